The molecule has 3 N–H and O–H groups in total. The summed E-state index contributed by atoms with van der Waals surface area (Å²) in [7, 11) is 0. The summed E-state index contributed by atoms with van der Waals surface area (Å²) in [5.74, 6) is 0.759. The average Bonchev–Trinajstić information content (AvgIpc) is 3.15. The first kappa shape index (κ1) is 15.8. The normalized spacial score (nSPS) is 10.6. The molecule has 124 valence electrons. The molecule has 0 fully saturated rings. The number of nitrogens with zero attached hydrogens (tertiary/aromatic N) is 2. The van der Waals surface area contributed by atoms with Gasteiger partial charge in [-0.2, -0.15) is 5.10 Å². The maximum atomic E-state index is 12.1. The predicted molar refractivity (Wildman–Crippen MR) is 89.7 cm³/mol. The van der Waals surface area contributed by atoms with E-state index in [1.807, 2.05) is 44.2 Å². The third kappa shape index (κ3) is 3.62. The number of aryl methyl sites for hydroxylation is 2. The van der Waals surface area contributed by atoms with Gasteiger partial charge in [-0.3, -0.25) is 5.10 Å². The second-order valence-corrected chi connectivity index (χ2v) is 5.52. The summed E-state index contributed by atoms with van der Waals surface area (Å²) >= 11 is 0. The quantitative estimate of drug-likeness (QED) is 0.672. The van der Waals surface area contributed by atoms with E-state index in [-0.39, 0.29) is 6.03 Å². The molecule has 0 aliphatic heterocycles. The van der Waals surface area contributed by atoms with Crippen molar-refractivity contribution >= 4 is 11.7 Å². The molecule has 0 aliphatic rings. The fourth-order valence-electron chi connectivity index (χ4n) is 2.43. The number of hydrogen-bond acceptors (Lipinski definition) is 4. The van der Waals surface area contributed by atoms with E-state index in [0.29, 0.717) is 18.7 Å². The number of H-pyrrole nitrogens is 1. The van der Waals surface area contributed by atoms with Crippen molar-refractivity contribution in [3.63, 3.8) is 0 Å². The van der Waals surface area contributed by atoms with Crippen LogP contribution in [-0.2, 0) is 13.0 Å². The Morgan fingerprint density at radius 2 is 2.04 bits per heavy atom. The molecular formula is C17H19N5O2. The van der Waals surface area contributed by atoms with Crippen LogP contribution in [0.2, 0.25) is 0 Å². The lowest BCUT2D eigenvalue weighted by Crippen LogP contribution is -2.28. The molecule has 7 heteroatoms. The maximum absolute atomic E-state index is 12.1. The largest absolute Gasteiger partial charge is 0.361 e. The Hall–Kier alpha value is -3.09. The smallest absolute Gasteiger partial charge is 0.319 e. The fraction of sp³-hybridized carbons (Fsp3) is 0.235. The van der Waals surface area contributed by atoms with Crippen LogP contribution < -0.4 is 10.6 Å². The molecule has 0 spiro atoms. The SMILES string of the molecule is Cc1noc(C)c1Cc1n[nH]cc1NC(=O)NCc1ccccc1. The molecule has 2 amide bonds. The number of anilines is 1. The molecule has 2 heterocycles. The van der Waals surface area contributed by atoms with Gasteiger partial charge in [-0.05, 0) is 19.4 Å². The van der Waals surface area contributed by atoms with Crippen molar-refractivity contribution in [3.05, 3.63) is 64.8 Å². The number of hydrogen-bond donors (Lipinski definition) is 3. The molecule has 0 saturated carbocycles. The second kappa shape index (κ2) is 6.99. The summed E-state index contributed by atoms with van der Waals surface area (Å²) in [6, 6.07) is 9.46. The second-order valence-electron chi connectivity index (χ2n) is 5.52. The number of aromatic nitrogens is 3. The molecule has 0 atom stereocenters. The van der Waals surface area contributed by atoms with Gasteiger partial charge in [0.2, 0.25) is 0 Å². The molecule has 0 unspecified atom stereocenters. The molecule has 7 nitrogen and oxygen atoms in total. The van der Waals surface area contributed by atoms with Crippen LogP contribution in [0.15, 0.2) is 41.1 Å². The third-order valence-electron chi connectivity index (χ3n) is 3.79. The van der Waals surface area contributed by atoms with Gasteiger partial charge in [0.25, 0.3) is 0 Å². The number of carbonyl (C=O) groups is 1. The van der Waals surface area contributed by atoms with Gasteiger partial charge in [-0.1, -0.05) is 35.5 Å². The number of nitrogens with one attached hydrogen (secondary N) is 3. The van der Waals surface area contributed by atoms with Gasteiger partial charge in [0.1, 0.15) is 5.76 Å². The number of carbonyl (C=O) groups excluding carboxylic acids is 1. The minimum atomic E-state index is -0.278. The number of urea groups is 1. The van der Waals surface area contributed by atoms with Crippen molar-refractivity contribution in [2.45, 2.75) is 26.8 Å². The van der Waals surface area contributed by atoms with Crippen LogP contribution in [0.1, 0.15) is 28.3 Å². The number of benzene rings is 1. The van der Waals surface area contributed by atoms with Gasteiger partial charge in [0, 0.05) is 24.7 Å². The van der Waals surface area contributed by atoms with Gasteiger partial charge < -0.3 is 15.2 Å². The molecule has 3 rings (SSSR count). The Balaban J connectivity index is 1.62. The Labute approximate surface area is 139 Å². The van der Waals surface area contributed by atoms with Crippen LogP contribution in [0.25, 0.3) is 0 Å². The summed E-state index contributed by atoms with van der Waals surface area (Å²) < 4.78 is 5.16. The minimum Gasteiger partial charge on any atom is -0.361 e. The van der Waals surface area contributed by atoms with Gasteiger partial charge in [-0.25, -0.2) is 4.79 Å². The summed E-state index contributed by atoms with van der Waals surface area (Å²) in [5.41, 5.74) is 4.22. The summed E-state index contributed by atoms with van der Waals surface area (Å²) in [4.78, 5) is 12.1. The Morgan fingerprint density at radius 1 is 1.25 bits per heavy atom. The van der Waals surface area contributed by atoms with Gasteiger partial charge in [-0.15, -0.1) is 0 Å². The van der Waals surface area contributed by atoms with E-state index in [9.17, 15) is 4.79 Å². The van der Waals surface area contributed by atoms with E-state index in [1.165, 1.54) is 0 Å². The number of rotatable bonds is 5. The first-order valence-corrected chi connectivity index (χ1v) is 7.66. The van der Waals surface area contributed by atoms with Gasteiger partial charge in [0.15, 0.2) is 0 Å². The van der Waals surface area contributed by atoms with E-state index >= 15 is 0 Å². The van der Waals surface area contributed by atoms with Crippen LogP contribution in [0.4, 0.5) is 10.5 Å². The van der Waals surface area contributed by atoms with Crippen LogP contribution in [0.5, 0.6) is 0 Å². The van der Waals surface area contributed by atoms with Gasteiger partial charge >= 0.3 is 6.03 Å². The van der Waals surface area contributed by atoms with E-state index in [4.69, 9.17) is 4.52 Å². The summed E-state index contributed by atoms with van der Waals surface area (Å²) in [6.45, 7) is 4.21. The first-order chi connectivity index (χ1) is 11.6. The Morgan fingerprint density at radius 3 is 2.75 bits per heavy atom. The summed E-state index contributed by atoms with van der Waals surface area (Å²) in [5, 5.41) is 16.6. The topological polar surface area (TPSA) is 95.8 Å². The van der Waals surface area contributed by atoms with Crippen molar-refractivity contribution in [2.24, 2.45) is 0 Å². The zero-order valence-corrected chi connectivity index (χ0v) is 13.6. The fourth-order valence-corrected chi connectivity index (χ4v) is 2.43. The summed E-state index contributed by atoms with van der Waals surface area (Å²) in [6.07, 6.45) is 2.20. The van der Waals surface area contributed by atoms with Crippen molar-refractivity contribution < 1.29 is 9.32 Å². The van der Waals surface area contributed by atoms with Crippen molar-refractivity contribution in [1.82, 2.24) is 20.7 Å². The molecule has 24 heavy (non-hydrogen) atoms. The lowest BCUT2D eigenvalue weighted by atomic mass is 10.1. The molecule has 0 aliphatic carbocycles. The highest BCUT2D eigenvalue weighted by atomic mass is 16.5. The highest BCUT2D eigenvalue weighted by Gasteiger charge is 2.15. The molecule has 3 aromatic rings. The molecule has 0 saturated heterocycles. The molecule has 1 aromatic carbocycles. The lowest BCUT2D eigenvalue weighted by molar-refractivity contribution is 0.251. The Bertz CT molecular complexity index is 803. The number of aromatic amines is 1. The minimum absolute atomic E-state index is 0.278. The third-order valence-corrected chi connectivity index (χ3v) is 3.79. The van der Waals surface area contributed by atoms with Crippen LogP contribution in [-0.4, -0.2) is 21.4 Å². The van der Waals surface area contributed by atoms with Crippen molar-refractivity contribution in [2.75, 3.05) is 5.32 Å². The molecule has 0 radical (unpaired) electrons. The standard InChI is InChI=1S/C17H19N5O2/c1-11-14(12(2)24-22-11)8-15-16(10-19-21-15)20-17(23)18-9-13-6-4-3-5-7-13/h3-7,10H,8-9H2,1-2H3,(H,19,21)(H2,18,20,23). The monoisotopic (exact) mass is 325 g/mol. The molecule has 0 bridgehead atoms. The van der Waals surface area contributed by atoms with E-state index in [1.54, 1.807) is 6.20 Å². The van der Waals surface area contributed by atoms with Crippen molar-refractivity contribution in [3.8, 4) is 0 Å². The van der Waals surface area contributed by atoms with E-state index in [0.717, 1.165) is 28.3 Å². The van der Waals surface area contributed by atoms with E-state index in [2.05, 4.69) is 26.0 Å². The lowest BCUT2D eigenvalue weighted by Gasteiger charge is -2.08. The maximum Gasteiger partial charge on any atom is 0.319 e. The Kier molecular flexibility index (Phi) is 4.60. The highest BCUT2D eigenvalue weighted by Crippen LogP contribution is 2.20. The van der Waals surface area contributed by atoms with E-state index < -0.39 is 0 Å². The predicted octanol–water partition coefficient (Wildman–Crippen LogP) is 2.93. The van der Waals surface area contributed by atoms with Crippen LogP contribution in [0, 0.1) is 13.8 Å². The average molecular weight is 325 g/mol. The zero-order chi connectivity index (χ0) is 16.9. The molecule has 2 aromatic heterocycles. The highest BCUT2D eigenvalue weighted by molar-refractivity contribution is 5.89. The zero-order valence-electron chi connectivity index (χ0n) is 13.6. The molecular weight excluding hydrogens is 306 g/mol. The van der Waals surface area contributed by atoms with Gasteiger partial charge in [0.05, 0.1) is 17.1 Å². The first-order valence-electron chi connectivity index (χ1n) is 7.66. The van der Waals surface area contributed by atoms with Crippen LogP contribution >= 0.6 is 0 Å². The van der Waals surface area contributed by atoms with Crippen molar-refractivity contribution in [1.29, 1.82) is 0 Å². The number of amides is 2. The van der Waals surface area contributed by atoms with Crippen LogP contribution in [0.3, 0.4) is 0 Å².